The Morgan fingerprint density at radius 3 is 1.22 bits per heavy atom. The number of rotatable bonds is 2. The highest BCUT2D eigenvalue weighted by atomic mass is 15.0. The number of nitriles is 2. The summed E-state index contributed by atoms with van der Waals surface area (Å²) in [5.41, 5.74) is 15.8. The normalized spacial score (nSPS) is 14.6. The Bertz CT molecular complexity index is 3020. The summed E-state index contributed by atoms with van der Waals surface area (Å²) in [5.74, 6) is 0. The van der Waals surface area contributed by atoms with Gasteiger partial charge in [-0.1, -0.05) is 137 Å². The molecule has 2 heterocycles. The Kier molecular flexibility index (Phi) is 5.90. The molecule has 0 radical (unpaired) electrons. The molecule has 0 atom stereocenters. The molecule has 0 unspecified atom stereocenters. The summed E-state index contributed by atoms with van der Waals surface area (Å²) < 4.78 is 4.51. The van der Waals surface area contributed by atoms with Crippen LogP contribution in [0.1, 0.15) is 61.1 Å². The van der Waals surface area contributed by atoms with E-state index in [1.807, 2.05) is 0 Å². The van der Waals surface area contributed by atoms with Crippen molar-refractivity contribution in [2.45, 2.75) is 38.5 Å². The lowest BCUT2D eigenvalue weighted by molar-refractivity contribution is 0.663. The standard InChI is InChI=1S/C50H34N4/c1-49(2)39-17-9-5-13-29(39)33-21-23-35-31-15-7-11-19-41(31)53(47(35)45(33)49)43-25-26-44(38(28-52)37(43)27-51)54-42-20-12-8-16-32(42)36-24-22-34-30-14-6-10-18-40(30)50(3,4)46(34)48(36)54/h5-26H,1-4H3. The maximum absolute atomic E-state index is 11.2. The third-order valence-corrected chi connectivity index (χ3v) is 12.6. The van der Waals surface area contributed by atoms with Gasteiger partial charge in [0, 0.05) is 32.4 Å². The third kappa shape index (κ3) is 3.60. The fraction of sp³-hybridized carbons (Fsp3) is 0.120. The molecule has 0 amide bonds. The van der Waals surface area contributed by atoms with Gasteiger partial charge < -0.3 is 9.13 Å². The second-order valence-electron chi connectivity index (χ2n) is 15.9. The van der Waals surface area contributed by atoms with Crippen LogP contribution in [0.2, 0.25) is 0 Å². The van der Waals surface area contributed by atoms with E-state index in [1.54, 1.807) is 0 Å². The van der Waals surface area contributed by atoms with Crippen molar-refractivity contribution < 1.29 is 0 Å². The zero-order valence-electron chi connectivity index (χ0n) is 30.5. The molecule has 54 heavy (non-hydrogen) atoms. The molecule has 0 fully saturated rings. The van der Waals surface area contributed by atoms with Crippen molar-refractivity contribution in [3.8, 4) is 45.8 Å². The topological polar surface area (TPSA) is 57.4 Å². The van der Waals surface area contributed by atoms with E-state index < -0.39 is 0 Å². The molecule has 0 aliphatic heterocycles. The summed E-state index contributed by atoms with van der Waals surface area (Å²) in [7, 11) is 0. The summed E-state index contributed by atoms with van der Waals surface area (Å²) in [5, 5.41) is 26.9. The molecule has 11 rings (SSSR count). The second kappa shape index (κ2) is 10.4. The molecular formula is C50H34N4. The largest absolute Gasteiger partial charge is 0.308 e. The highest BCUT2D eigenvalue weighted by Gasteiger charge is 2.40. The van der Waals surface area contributed by atoms with E-state index >= 15 is 0 Å². The van der Waals surface area contributed by atoms with Gasteiger partial charge in [0.15, 0.2) is 0 Å². The third-order valence-electron chi connectivity index (χ3n) is 12.6. The molecular weight excluding hydrogens is 657 g/mol. The molecule has 9 aromatic rings. The van der Waals surface area contributed by atoms with Crippen molar-refractivity contribution in [1.82, 2.24) is 9.13 Å². The summed E-state index contributed by atoms with van der Waals surface area (Å²) >= 11 is 0. The lowest BCUT2D eigenvalue weighted by atomic mass is 9.81. The molecule has 7 aromatic carbocycles. The van der Waals surface area contributed by atoms with E-state index in [0.717, 1.165) is 43.6 Å². The number of hydrogen-bond acceptors (Lipinski definition) is 2. The summed E-state index contributed by atoms with van der Waals surface area (Å²) in [4.78, 5) is 0. The average Bonchev–Trinajstić information content (AvgIpc) is 3.86. The molecule has 2 aliphatic carbocycles. The van der Waals surface area contributed by atoms with Crippen LogP contribution in [0.5, 0.6) is 0 Å². The van der Waals surface area contributed by atoms with Crippen LogP contribution >= 0.6 is 0 Å². The SMILES string of the molecule is CC1(C)c2ccccc2-c2ccc3c4ccccc4n(-c4ccc(-n5c6ccccc6c6ccc7c(c65)C(C)(C)c5ccccc5-7)c(C#N)c4C#N)c3c21. The van der Waals surface area contributed by atoms with Gasteiger partial charge in [-0.3, -0.25) is 0 Å². The molecule has 4 nitrogen and oxygen atoms in total. The van der Waals surface area contributed by atoms with E-state index in [2.05, 4.69) is 182 Å². The van der Waals surface area contributed by atoms with E-state index in [-0.39, 0.29) is 10.8 Å². The first-order valence-corrected chi connectivity index (χ1v) is 18.6. The predicted octanol–water partition coefficient (Wildman–Crippen LogP) is 12.2. The average molecular weight is 691 g/mol. The van der Waals surface area contributed by atoms with Crippen molar-refractivity contribution in [1.29, 1.82) is 10.5 Å². The highest BCUT2D eigenvalue weighted by molar-refractivity contribution is 6.15. The molecule has 2 aliphatic rings. The van der Waals surface area contributed by atoms with Crippen LogP contribution in [0.3, 0.4) is 0 Å². The van der Waals surface area contributed by atoms with Gasteiger partial charge in [-0.05, 0) is 68.8 Å². The minimum atomic E-state index is -0.282. The van der Waals surface area contributed by atoms with E-state index in [4.69, 9.17) is 0 Å². The van der Waals surface area contributed by atoms with Crippen molar-refractivity contribution in [2.24, 2.45) is 0 Å². The maximum Gasteiger partial charge on any atom is 0.103 e. The monoisotopic (exact) mass is 690 g/mol. The van der Waals surface area contributed by atoms with Crippen LogP contribution in [0.25, 0.3) is 77.2 Å². The fourth-order valence-corrected chi connectivity index (χ4v) is 10.3. The van der Waals surface area contributed by atoms with Crippen LogP contribution in [0.15, 0.2) is 133 Å². The minimum absolute atomic E-state index is 0.282. The molecule has 0 bridgehead atoms. The van der Waals surface area contributed by atoms with Gasteiger partial charge in [-0.2, -0.15) is 10.5 Å². The van der Waals surface area contributed by atoms with Gasteiger partial charge in [-0.15, -0.1) is 0 Å². The minimum Gasteiger partial charge on any atom is -0.308 e. The van der Waals surface area contributed by atoms with Gasteiger partial charge in [0.25, 0.3) is 0 Å². The Balaban J connectivity index is 1.26. The van der Waals surface area contributed by atoms with Crippen LogP contribution in [0, 0.1) is 22.7 Å². The van der Waals surface area contributed by atoms with Gasteiger partial charge >= 0.3 is 0 Å². The zero-order chi connectivity index (χ0) is 36.7. The van der Waals surface area contributed by atoms with E-state index in [9.17, 15) is 10.5 Å². The highest BCUT2D eigenvalue weighted by Crippen LogP contribution is 2.55. The van der Waals surface area contributed by atoms with Crippen molar-refractivity contribution >= 4 is 43.6 Å². The van der Waals surface area contributed by atoms with Gasteiger partial charge in [0.05, 0.1) is 44.6 Å². The number of nitrogens with zero attached hydrogens (tertiary/aromatic N) is 4. The van der Waals surface area contributed by atoms with Crippen LogP contribution in [-0.4, -0.2) is 9.13 Å². The Morgan fingerprint density at radius 1 is 0.407 bits per heavy atom. The Hall–Kier alpha value is -6.88. The lowest BCUT2D eigenvalue weighted by Crippen LogP contribution is -2.17. The van der Waals surface area contributed by atoms with Crippen molar-refractivity contribution in [2.75, 3.05) is 0 Å². The first kappa shape index (κ1) is 30.7. The number of fused-ring (bicyclic) bond motifs is 14. The summed E-state index contributed by atoms with van der Waals surface area (Å²) in [6.45, 7) is 9.20. The first-order valence-electron chi connectivity index (χ1n) is 18.6. The molecule has 2 aromatic heterocycles. The number of benzene rings is 7. The number of hydrogen-bond donors (Lipinski definition) is 0. The predicted molar refractivity (Wildman–Crippen MR) is 220 cm³/mol. The fourth-order valence-electron chi connectivity index (χ4n) is 10.3. The summed E-state index contributed by atoms with van der Waals surface area (Å²) in [6.07, 6.45) is 0. The zero-order valence-corrected chi connectivity index (χ0v) is 30.5. The second-order valence-corrected chi connectivity index (χ2v) is 15.9. The van der Waals surface area contributed by atoms with E-state index in [0.29, 0.717) is 22.5 Å². The first-order chi connectivity index (χ1) is 26.3. The van der Waals surface area contributed by atoms with E-state index in [1.165, 1.54) is 44.5 Å². The van der Waals surface area contributed by atoms with Gasteiger partial charge in [-0.25, -0.2) is 0 Å². The maximum atomic E-state index is 11.2. The number of para-hydroxylation sites is 2. The lowest BCUT2D eigenvalue weighted by Gasteiger charge is -2.25. The van der Waals surface area contributed by atoms with Crippen molar-refractivity contribution in [3.05, 3.63) is 167 Å². The molecule has 254 valence electrons. The van der Waals surface area contributed by atoms with Crippen LogP contribution in [0.4, 0.5) is 0 Å². The molecule has 4 heteroatoms. The Labute approximate surface area is 313 Å². The molecule has 0 saturated heterocycles. The van der Waals surface area contributed by atoms with Crippen LogP contribution in [-0.2, 0) is 10.8 Å². The Morgan fingerprint density at radius 2 is 0.796 bits per heavy atom. The molecule has 0 N–H and O–H groups in total. The quantitative estimate of drug-likeness (QED) is 0.181. The van der Waals surface area contributed by atoms with Gasteiger partial charge in [0.1, 0.15) is 12.1 Å². The number of aromatic nitrogens is 2. The van der Waals surface area contributed by atoms with Crippen LogP contribution < -0.4 is 0 Å². The molecule has 0 saturated carbocycles. The summed E-state index contributed by atoms with van der Waals surface area (Å²) in [6, 6.07) is 52.5. The smallest absolute Gasteiger partial charge is 0.103 e. The van der Waals surface area contributed by atoms with Crippen molar-refractivity contribution in [3.63, 3.8) is 0 Å². The molecule has 0 spiro atoms. The van der Waals surface area contributed by atoms with Gasteiger partial charge in [0.2, 0.25) is 0 Å².